The predicted molar refractivity (Wildman–Crippen MR) is 117 cm³/mol. The van der Waals surface area contributed by atoms with Gasteiger partial charge in [0.1, 0.15) is 5.82 Å². The number of ketones is 1. The third kappa shape index (κ3) is 4.62. The summed E-state index contributed by atoms with van der Waals surface area (Å²) in [5.74, 6) is -0.373. The van der Waals surface area contributed by atoms with Crippen LogP contribution >= 0.6 is 0 Å². The summed E-state index contributed by atoms with van der Waals surface area (Å²) in [6.45, 7) is 0. The van der Waals surface area contributed by atoms with E-state index in [4.69, 9.17) is 0 Å². The van der Waals surface area contributed by atoms with Gasteiger partial charge in [0.25, 0.3) is 0 Å². The van der Waals surface area contributed by atoms with E-state index in [-0.39, 0.29) is 28.7 Å². The largest absolute Gasteiger partial charge is 0.335 e. The van der Waals surface area contributed by atoms with Gasteiger partial charge in [-0.3, -0.25) is 4.79 Å². The van der Waals surface area contributed by atoms with Crippen molar-refractivity contribution in [2.24, 2.45) is 0 Å². The second-order valence-electron chi connectivity index (χ2n) is 7.20. The zero-order chi connectivity index (χ0) is 22.0. The molecule has 1 aromatic heterocycles. The van der Waals surface area contributed by atoms with Gasteiger partial charge in [-0.2, -0.15) is 0 Å². The molecule has 0 bridgehead atoms. The normalized spacial score (nSPS) is 11.4. The van der Waals surface area contributed by atoms with Crippen LogP contribution in [-0.4, -0.2) is 30.4 Å². The third-order valence-electron chi connectivity index (χ3n) is 4.86. The zero-order valence-electron chi connectivity index (χ0n) is 16.7. The van der Waals surface area contributed by atoms with Crippen LogP contribution in [0.4, 0.5) is 4.39 Å². The number of aromatic amines is 1. The summed E-state index contributed by atoms with van der Waals surface area (Å²) < 4.78 is 37.0. The predicted octanol–water partition coefficient (Wildman–Crippen LogP) is 4.71. The van der Waals surface area contributed by atoms with Crippen LogP contribution in [0.1, 0.15) is 16.2 Å². The van der Waals surface area contributed by atoms with Gasteiger partial charge in [0.05, 0.1) is 16.3 Å². The van der Waals surface area contributed by atoms with E-state index in [1.54, 1.807) is 24.3 Å². The van der Waals surface area contributed by atoms with E-state index in [0.717, 1.165) is 11.8 Å². The molecule has 0 aliphatic rings. The molecule has 0 saturated heterocycles. The summed E-state index contributed by atoms with van der Waals surface area (Å²) >= 11 is 0. The summed E-state index contributed by atoms with van der Waals surface area (Å²) in [4.78, 5) is 20.6. The number of halogens is 1. The van der Waals surface area contributed by atoms with Gasteiger partial charge in [-0.1, -0.05) is 42.5 Å². The number of benzene rings is 3. The van der Waals surface area contributed by atoms with E-state index in [2.05, 4.69) is 9.97 Å². The number of sulfone groups is 1. The molecule has 0 amide bonds. The van der Waals surface area contributed by atoms with Crippen molar-refractivity contribution in [2.45, 2.75) is 11.3 Å². The van der Waals surface area contributed by atoms with E-state index < -0.39 is 9.84 Å². The molecule has 4 rings (SSSR count). The molecule has 0 radical (unpaired) electrons. The van der Waals surface area contributed by atoms with Crippen LogP contribution in [0.5, 0.6) is 0 Å². The van der Waals surface area contributed by atoms with Gasteiger partial charge in [0.15, 0.2) is 15.7 Å². The van der Waals surface area contributed by atoms with E-state index >= 15 is 0 Å². The summed E-state index contributed by atoms with van der Waals surface area (Å²) in [6.07, 6.45) is 1.32. The highest BCUT2D eigenvalue weighted by atomic mass is 32.2. The Morgan fingerprint density at radius 1 is 0.903 bits per heavy atom. The Bertz CT molecular complexity index is 1330. The molecule has 31 heavy (non-hydrogen) atoms. The molecular weight excluding hydrogens is 415 g/mol. The Labute approximate surface area is 179 Å². The first-order valence-electron chi connectivity index (χ1n) is 9.55. The number of carbonyl (C=O) groups is 1. The number of hydrogen-bond acceptors (Lipinski definition) is 4. The molecule has 0 fully saturated rings. The second-order valence-corrected chi connectivity index (χ2v) is 9.21. The minimum absolute atomic E-state index is 0.184. The number of hydrogen-bond donors (Lipinski definition) is 1. The Balaban J connectivity index is 1.77. The van der Waals surface area contributed by atoms with Crippen molar-refractivity contribution in [3.05, 3.63) is 96.1 Å². The number of aromatic nitrogens is 2. The summed E-state index contributed by atoms with van der Waals surface area (Å²) in [5, 5.41) is 0. The van der Waals surface area contributed by atoms with Gasteiger partial charge in [0, 0.05) is 23.8 Å². The van der Waals surface area contributed by atoms with Crippen molar-refractivity contribution in [3.63, 3.8) is 0 Å². The molecule has 0 saturated carbocycles. The fourth-order valence-electron chi connectivity index (χ4n) is 3.26. The molecule has 5 nitrogen and oxygen atoms in total. The van der Waals surface area contributed by atoms with Crippen molar-refractivity contribution in [3.8, 4) is 22.5 Å². The van der Waals surface area contributed by atoms with Gasteiger partial charge in [-0.15, -0.1) is 0 Å². The molecule has 156 valence electrons. The highest BCUT2D eigenvalue weighted by Crippen LogP contribution is 2.31. The number of carbonyl (C=O) groups excluding carboxylic acids is 1. The third-order valence-corrected chi connectivity index (χ3v) is 5.99. The maximum atomic E-state index is 13.4. The number of rotatable bonds is 6. The molecule has 4 aromatic rings. The lowest BCUT2D eigenvalue weighted by Crippen LogP contribution is -2.05. The Morgan fingerprint density at radius 2 is 1.52 bits per heavy atom. The highest BCUT2D eigenvalue weighted by Gasteiger charge is 2.19. The van der Waals surface area contributed by atoms with Crippen LogP contribution in [0.15, 0.2) is 83.8 Å². The van der Waals surface area contributed by atoms with E-state index in [0.29, 0.717) is 22.5 Å². The smallest absolute Gasteiger partial charge is 0.202 e. The van der Waals surface area contributed by atoms with E-state index in [1.807, 2.05) is 30.3 Å². The molecule has 0 unspecified atom stereocenters. The zero-order valence-corrected chi connectivity index (χ0v) is 17.5. The lowest BCUT2D eigenvalue weighted by Gasteiger charge is -2.04. The topological polar surface area (TPSA) is 79.9 Å². The van der Waals surface area contributed by atoms with Gasteiger partial charge < -0.3 is 4.98 Å². The number of Topliss-reactive ketones (excluding diaryl/α,β-unsaturated/α-hetero) is 1. The minimum Gasteiger partial charge on any atom is -0.335 e. The maximum absolute atomic E-state index is 13.4. The SMILES string of the molecule is CS(=O)(=O)c1ccc(-c2nc(C(=O)Cc3ccccc3)[nH]c2-c2ccc(F)cc2)cc1. The first kappa shape index (κ1) is 20.7. The fourth-order valence-corrected chi connectivity index (χ4v) is 3.90. The summed E-state index contributed by atoms with van der Waals surface area (Å²) in [5.41, 5.74) is 3.22. The molecular formula is C24H19FN2O3S. The van der Waals surface area contributed by atoms with Gasteiger partial charge in [0.2, 0.25) is 5.78 Å². The summed E-state index contributed by atoms with van der Waals surface area (Å²) in [7, 11) is -3.34. The Kier molecular flexibility index (Phi) is 5.52. The molecule has 3 aromatic carbocycles. The lowest BCUT2D eigenvalue weighted by molar-refractivity contribution is 0.0984. The van der Waals surface area contributed by atoms with E-state index in [1.165, 1.54) is 24.3 Å². The van der Waals surface area contributed by atoms with Crippen molar-refractivity contribution in [2.75, 3.05) is 6.26 Å². The molecule has 0 aliphatic heterocycles. The number of nitrogens with one attached hydrogen (secondary N) is 1. The lowest BCUT2D eigenvalue weighted by atomic mass is 10.1. The average Bonchev–Trinajstić information content (AvgIpc) is 3.20. The highest BCUT2D eigenvalue weighted by molar-refractivity contribution is 7.90. The quantitative estimate of drug-likeness (QED) is 0.446. The standard InChI is InChI=1S/C24H19FN2O3S/c1-31(29,30)20-13-9-18(10-14-20)23-22(17-7-11-19(25)12-8-17)26-24(27-23)21(28)15-16-5-3-2-4-6-16/h2-14H,15H2,1H3,(H,26,27). The van der Waals surface area contributed by atoms with Crippen LogP contribution in [0, 0.1) is 5.82 Å². The maximum Gasteiger partial charge on any atom is 0.202 e. The van der Waals surface area contributed by atoms with Gasteiger partial charge >= 0.3 is 0 Å². The summed E-state index contributed by atoms with van der Waals surface area (Å²) in [6, 6.07) is 21.5. The first-order valence-corrected chi connectivity index (χ1v) is 11.4. The Hall–Kier alpha value is -3.58. The molecule has 7 heteroatoms. The monoisotopic (exact) mass is 434 g/mol. The Morgan fingerprint density at radius 3 is 2.13 bits per heavy atom. The van der Waals surface area contributed by atoms with Crippen molar-refractivity contribution in [1.82, 2.24) is 9.97 Å². The number of H-pyrrole nitrogens is 1. The molecule has 0 aliphatic carbocycles. The van der Waals surface area contributed by atoms with Crippen molar-refractivity contribution in [1.29, 1.82) is 0 Å². The number of nitrogens with zero attached hydrogens (tertiary/aromatic N) is 1. The van der Waals surface area contributed by atoms with Crippen LogP contribution < -0.4 is 0 Å². The molecule has 1 N–H and O–H groups in total. The van der Waals surface area contributed by atoms with Gasteiger partial charge in [-0.05, 0) is 42.0 Å². The number of imidazole rings is 1. The van der Waals surface area contributed by atoms with E-state index in [9.17, 15) is 17.6 Å². The molecule has 0 spiro atoms. The van der Waals surface area contributed by atoms with Crippen molar-refractivity contribution >= 4 is 15.6 Å². The van der Waals surface area contributed by atoms with Crippen molar-refractivity contribution < 1.29 is 17.6 Å². The average molecular weight is 434 g/mol. The van der Waals surface area contributed by atoms with Crippen LogP contribution in [-0.2, 0) is 16.3 Å². The van der Waals surface area contributed by atoms with Crippen LogP contribution in [0.3, 0.4) is 0 Å². The molecule has 0 atom stereocenters. The van der Waals surface area contributed by atoms with Crippen LogP contribution in [0.2, 0.25) is 0 Å². The molecule has 1 heterocycles. The van der Waals surface area contributed by atoms with Crippen LogP contribution in [0.25, 0.3) is 22.5 Å². The minimum atomic E-state index is -3.34. The fraction of sp³-hybridized carbons (Fsp3) is 0.0833. The first-order chi connectivity index (χ1) is 14.8. The second kappa shape index (κ2) is 8.28. The van der Waals surface area contributed by atoms with Gasteiger partial charge in [-0.25, -0.2) is 17.8 Å².